The van der Waals surface area contributed by atoms with Crippen molar-refractivity contribution in [1.29, 1.82) is 0 Å². The molecule has 1 heterocycles. The van der Waals surface area contributed by atoms with Gasteiger partial charge in [-0.05, 0) is 30.3 Å². The molecule has 0 atom stereocenters. The van der Waals surface area contributed by atoms with Gasteiger partial charge in [-0.15, -0.1) is 0 Å². The van der Waals surface area contributed by atoms with Gasteiger partial charge in [-0.1, -0.05) is 41.6 Å². The zero-order chi connectivity index (χ0) is 16.8. The lowest BCUT2D eigenvalue weighted by Gasteiger charge is -2.07. The van der Waals surface area contributed by atoms with Gasteiger partial charge in [0.25, 0.3) is 0 Å². The van der Waals surface area contributed by atoms with Gasteiger partial charge < -0.3 is 15.0 Å². The molecule has 0 fully saturated rings. The number of carbonyl (C=O) groups is 1. The van der Waals surface area contributed by atoms with E-state index in [1.807, 2.05) is 42.5 Å². The number of nitrogens with zero attached hydrogens (tertiary/aromatic N) is 1. The lowest BCUT2D eigenvalue weighted by atomic mass is 10.3. The smallest absolute Gasteiger partial charge is 0.230 e. The highest BCUT2D eigenvalue weighted by Crippen LogP contribution is 2.21. The van der Waals surface area contributed by atoms with Gasteiger partial charge in [-0.25, -0.2) is 4.98 Å². The number of para-hydroxylation sites is 1. The van der Waals surface area contributed by atoms with Crippen molar-refractivity contribution in [3.8, 4) is 5.75 Å². The summed E-state index contributed by atoms with van der Waals surface area (Å²) in [7, 11) is 0. The standard InChI is InChI=1S/C17H16ClN3O2S/c18-12-6-7-14-15(10-12)21-17(20-14)24-11-16(22)19-8-9-23-13-4-2-1-3-5-13/h1-7,10H,8-9,11H2,(H,19,22)(H,20,21). The van der Waals surface area contributed by atoms with Crippen molar-refractivity contribution in [1.82, 2.24) is 15.3 Å². The first-order chi connectivity index (χ1) is 11.7. The molecule has 0 spiro atoms. The van der Waals surface area contributed by atoms with Crippen molar-refractivity contribution < 1.29 is 9.53 Å². The summed E-state index contributed by atoms with van der Waals surface area (Å²) in [6, 6.07) is 15.0. The van der Waals surface area contributed by atoms with Crippen LogP contribution in [-0.2, 0) is 4.79 Å². The minimum atomic E-state index is -0.0600. The summed E-state index contributed by atoms with van der Waals surface area (Å²) < 4.78 is 5.52. The van der Waals surface area contributed by atoms with Crippen LogP contribution in [0, 0.1) is 0 Å². The Balaban J connectivity index is 1.40. The fraction of sp³-hybridized carbons (Fsp3) is 0.176. The molecule has 0 unspecified atom stereocenters. The van der Waals surface area contributed by atoms with E-state index in [9.17, 15) is 4.79 Å². The lowest BCUT2D eigenvalue weighted by molar-refractivity contribution is -0.118. The summed E-state index contributed by atoms with van der Waals surface area (Å²) in [4.78, 5) is 19.4. The first-order valence-corrected chi connectivity index (χ1v) is 8.80. The zero-order valence-electron chi connectivity index (χ0n) is 12.8. The van der Waals surface area contributed by atoms with Crippen molar-refractivity contribution in [3.63, 3.8) is 0 Å². The zero-order valence-corrected chi connectivity index (χ0v) is 14.4. The maximum atomic E-state index is 11.8. The Kier molecular flexibility index (Phi) is 5.61. The Hall–Kier alpha value is -2.18. The summed E-state index contributed by atoms with van der Waals surface area (Å²) in [5, 5.41) is 4.17. The number of imidazole rings is 1. The Bertz CT molecular complexity index is 823. The lowest BCUT2D eigenvalue weighted by Crippen LogP contribution is -2.29. The molecule has 0 bridgehead atoms. The number of thioether (sulfide) groups is 1. The number of hydrogen-bond acceptors (Lipinski definition) is 4. The summed E-state index contributed by atoms with van der Waals surface area (Å²) >= 11 is 7.29. The number of halogens is 1. The van der Waals surface area contributed by atoms with Crippen LogP contribution in [0.15, 0.2) is 53.7 Å². The number of amides is 1. The number of ether oxygens (including phenoxy) is 1. The Morgan fingerprint density at radius 3 is 2.92 bits per heavy atom. The van der Waals surface area contributed by atoms with Crippen LogP contribution in [0.4, 0.5) is 0 Å². The second-order valence-corrected chi connectivity index (χ2v) is 6.40. The molecule has 7 heteroatoms. The average molecular weight is 362 g/mol. The molecule has 24 heavy (non-hydrogen) atoms. The molecule has 2 N–H and O–H groups in total. The third-order valence-corrected chi connectivity index (χ3v) is 4.31. The minimum Gasteiger partial charge on any atom is -0.492 e. The molecule has 124 valence electrons. The van der Waals surface area contributed by atoms with Crippen LogP contribution >= 0.6 is 23.4 Å². The van der Waals surface area contributed by atoms with Crippen LogP contribution < -0.4 is 10.1 Å². The third kappa shape index (κ3) is 4.66. The van der Waals surface area contributed by atoms with Crippen LogP contribution in [0.5, 0.6) is 5.75 Å². The van der Waals surface area contributed by atoms with Gasteiger partial charge in [-0.3, -0.25) is 4.79 Å². The number of benzene rings is 2. The van der Waals surface area contributed by atoms with Crippen LogP contribution in [0.25, 0.3) is 11.0 Å². The Morgan fingerprint density at radius 1 is 1.25 bits per heavy atom. The molecule has 0 aliphatic heterocycles. The molecule has 0 aliphatic rings. The maximum Gasteiger partial charge on any atom is 0.230 e. The monoisotopic (exact) mass is 361 g/mol. The van der Waals surface area contributed by atoms with Gasteiger partial charge >= 0.3 is 0 Å². The van der Waals surface area contributed by atoms with Crippen molar-refractivity contribution >= 4 is 40.3 Å². The average Bonchev–Trinajstić information content (AvgIpc) is 3.00. The van der Waals surface area contributed by atoms with Crippen LogP contribution in [0.3, 0.4) is 0 Å². The molecular formula is C17H16ClN3O2S. The minimum absolute atomic E-state index is 0.0600. The highest BCUT2D eigenvalue weighted by Gasteiger charge is 2.07. The highest BCUT2D eigenvalue weighted by molar-refractivity contribution is 7.99. The van der Waals surface area contributed by atoms with Crippen molar-refractivity contribution in [2.24, 2.45) is 0 Å². The van der Waals surface area contributed by atoms with E-state index in [1.54, 1.807) is 6.07 Å². The second-order valence-electron chi connectivity index (χ2n) is 5.00. The van der Waals surface area contributed by atoms with E-state index in [2.05, 4.69) is 15.3 Å². The number of hydrogen-bond donors (Lipinski definition) is 2. The van der Waals surface area contributed by atoms with Crippen molar-refractivity contribution in [2.45, 2.75) is 5.16 Å². The number of rotatable bonds is 7. The van der Waals surface area contributed by atoms with Gasteiger partial charge in [0.1, 0.15) is 12.4 Å². The van der Waals surface area contributed by atoms with Gasteiger partial charge in [0.05, 0.1) is 23.3 Å². The van der Waals surface area contributed by atoms with Gasteiger partial charge in [0, 0.05) is 5.02 Å². The molecule has 0 aliphatic carbocycles. The molecule has 0 saturated carbocycles. The fourth-order valence-electron chi connectivity index (χ4n) is 2.09. The SMILES string of the molecule is O=C(CSc1nc2ccc(Cl)cc2[nH]1)NCCOc1ccccc1. The van der Waals surface area contributed by atoms with Crippen molar-refractivity contribution in [3.05, 3.63) is 53.6 Å². The number of fused-ring (bicyclic) bond motifs is 1. The summed E-state index contributed by atoms with van der Waals surface area (Å²) in [6.07, 6.45) is 0. The van der Waals surface area contributed by atoms with Crippen LogP contribution in [0.2, 0.25) is 5.02 Å². The molecule has 3 rings (SSSR count). The fourth-order valence-corrected chi connectivity index (χ4v) is 2.97. The normalized spacial score (nSPS) is 10.7. The first kappa shape index (κ1) is 16.7. The number of nitrogens with one attached hydrogen (secondary N) is 2. The molecule has 3 aromatic rings. The number of carbonyl (C=O) groups excluding carboxylic acids is 1. The maximum absolute atomic E-state index is 11.8. The van der Waals surface area contributed by atoms with E-state index in [4.69, 9.17) is 16.3 Å². The molecule has 2 aromatic carbocycles. The highest BCUT2D eigenvalue weighted by atomic mass is 35.5. The van der Waals surface area contributed by atoms with E-state index in [1.165, 1.54) is 11.8 Å². The van der Waals surface area contributed by atoms with Crippen LogP contribution in [-0.4, -0.2) is 34.8 Å². The Morgan fingerprint density at radius 2 is 2.08 bits per heavy atom. The largest absolute Gasteiger partial charge is 0.492 e. The Labute approximate surface area is 148 Å². The van der Waals surface area contributed by atoms with E-state index >= 15 is 0 Å². The molecule has 5 nitrogen and oxygen atoms in total. The predicted molar refractivity (Wildman–Crippen MR) is 96.8 cm³/mol. The van der Waals surface area contributed by atoms with E-state index < -0.39 is 0 Å². The van der Waals surface area contributed by atoms with Crippen molar-refractivity contribution in [2.75, 3.05) is 18.9 Å². The molecule has 0 saturated heterocycles. The molecule has 0 radical (unpaired) electrons. The number of aromatic nitrogens is 2. The van der Waals surface area contributed by atoms with E-state index in [-0.39, 0.29) is 5.91 Å². The molecule has 1 aromatic heterocycles. The first-order valence-electron chi connectivity index (χ1n) is 7.43. The molecule has 1 amide bonds. The number of aromatic amines is 1. The van der Waals surface area contributed by atoms with Gasteiger partial charge in [0.2, 0.25) is 5.91 Å². The van der Waals surface area contributed by atoms with E-state index in [0.29, 0.717) is 29.1 Å². The van der Waals surface area contributed by atoms with E-state index in [0.717, 1.165) is 16.8 Å². The van der Waals surface area contributed by atoms with Gasteiger partial charge in [-0.2, -0.15) is 0 Å². The third-order valence-electron chi connectivity index (χ3n) is 3.20. The summed E-state index contributed by atoms with van der Waals surface area (Å²) in [5.74, 6) is 1.02. The topological polar surface area (TPSA) is 67.0 Å². The van der Waals surface area contributed by atoms with Crippen LogP contribution in [0.1, 0.15) is 0 Å². The predicted octanol–water partition coefficient (Wildman–Crippen LogP) is 3.50. The summed E-state index contributed by atoms with van der Waals surface area (Å²) in [5.41, 5.74) is 1.69. The number of H-pyrrole nitrogens is 1. The second kappa shape index (κ2) is 8.08. The quantitative estimate of drug-likeness (QED) is 0.499. The summed E-state index contributed by atoms with van der Waals surface area (Å²) in [6.45, 7) is 0.896. The van der Waals surface area contributed by atoms with Gasteiger partial charge in [0.15, 0.2) is 5.16 Å². The molecular weight excluding hydrogens is 346 g/mol.